The third kappa shape index (κ3) is 4.96. The number of anilines is 1. The van der Waals surface area contributed by atoms with Gasteiger partial charge in [0.05, 0.1) is 12.0 Å². The molecule has 1 unspecified atom stereocenters. The number of fused-ring (bicyclic) bond motifs is 3. The lowest BCUT2D eigenvalue weighted by atomic mass is 9.75. The van der Waals surface area contributed by atoms with Crippen LogP contribution in [-0.4, -0.2) is 53.7 Å². The first kappa shape index (κ1) is 23.9. The number of likely N-dealkylation sites (tertiary alicyclic amines) is 1. The monoisotopic (exact) mass is 478 g/mol. The van der Waals surface area contributed by atoms with Crippen LogP contribution in [0.4, 0.5) is 10.5 Å². The molecule has 1 aromatic carbocycles. The number of carbonyl (C=O) groups excluding carboxylic acids is 2. The molecular weight excluding hydrogens is 440 g/mol. The fraction of sp³-hybridized carbons (Fsp3) is 0.571. The zero-order chi connectivity index (χ0) is 24.2. The van der Waals surface area contributed by atoms with Crippen LogP contribution in [0.2, 0.25) is 0 Å². The number of para-hydroxylation sites is 1. The van der Waals surface area contributed by atoms with E-state index < -0.39 is 0 Å². The van der Waals surface area contributed by atoms with Crippen LogP contribution in [-0.2, 0) is 4.79 Å². The number of hydrogen-bond acceptors (Lipinski definition) is 4. The SMILES string of the molecule is O=C(NCCCO)N[C@@H]1CCCC[C@@H]1C(=O)N1CC[C@@H]2[C@H](C3C=CC=CC3)Nc3ccccc3[C@@H]21. The molecule has 4 N–H and O–H groups in total. The third-order valence-electron chi connectivity index (χ3n) is 8.29. The summed E-state index contributed by atoms with van der Waals surface area (Å²) in [6.07, 6.45) is 15.0. The van der Waals surface area contributed by atoms with E-state index in [1.165, 1.54) is 5.56 Å². The van der Waals surface area contributed by atoms with Gasteiger partial charge in [0.1, 0.15) is 0 Å². The van der Waals surface area contributed by atoms with E-state index >= 15 is 0 Å². The second-order valence-corrected chi connectivity index (χ2v) is 10.4. The average molecular weight is 479 g/mol. The summed E-state index contributed by atoms with van der Waals surface area (Å²) in [5, 5.41) is 18.7. The minimum atomic E-state index is -0.244. The van der Waals surface area contributed by atoms with Crippen molar-refractivity contribution >= 4 is 17.6 Å². The van der Waals surface area contributed by atoms with Crippen LogP contribution < -0.4 is 16.0 Å². The molecule has 35 heavy (non-hydrogen) atoms. The molecule has 2 fully saturated rings. The molecule has 1 saturated carbocycles. The summed E-state index contributed by atoms with van der Waals surface area (Å²) in [5.74, 6) is 0.783. The van der Waals surface area contributed by atoms with Crippen molar-refractivity contribution in [2.75, 3.05) is 25.0 Å². The molecule has 3 amide bonds. The number of amides is 3. The molecule has 0 bridgehead atoms. The normalized spacial score (nSPS) is 31.3. The number of allylic oxidation sites excluding steroid dienone is 3. The van der Waals surface area contributed by atoms with Gasteiger partial charge >= 0.3 is 6.03 Å². The van der Waals surface area contributed by atoms with E-state index in [4.69, 9.17) is 5.11 Å². The largest absolute Gasteiger partial charge is 0.396 e. The lowest BCUT2D eigenvalue weighted by Crippen LogP contribution is -2.52. The van der Waals surface area contributed by atoms with Crippen LogP contribution >= 0.6 is 0 Å². The molecule has 0 spiro atoms. The number of benzene rings is 1. The van der Waals surface area contributed by atoms with Crippen molar-refractivity contribution in [2.24, 2.45) is 17.8 Å². The van der Waals surface area contributed by atoms with Crippen molar-refractivity contribution in [3.05, 3.63) is 54.1 Å². The molecule has 2 heterocycles. The Morgan fingerprint density at radius 3 is 2.80 bits per heavy atom. The first-order chi connectivity index (χ1) is 17.2. The predicted molar refractivity (Wildman–Crippen MR) is 137 cm³/mol. The quantitative estimate of drug-likeness (QED) is 0.469. The van der Waals surface area contributed by atoms with Gasteiger partial charge in [0.2, 0.25) is 5.91 Å². The molecule has 188 valence electrons. The molecule has 5 rings (SSSR count). The Kier molecular flexibility index (Phi) is 7.42. The molecule has 4 aliphatic rings. The highest BCUT2D eigenvalue weighted by Gasteiger charge is 2.49. The van der Waals surface area contributed by atoms with Crippen molar-refractivity contribution in [2.45, 2.75) is 63.1 Å². The molecule has 1 saturated heterocycles. The van der Waals surface area contributed by atoms with Gasteiger partial charge < -0.3 is 26.0 Å². The van der Waals surface area contributed by atoms with E-state index in [2.05, 4.69) is 69.4 Å². The number of rotatable bonds is 6. The number of aliphatic hydroxyl groups excluding tert-OH is 1. The lowest BCUT2D eigenvalue weighted by Gasteiger charge is -2.44. The minimum Gasteiger partial charge on any atom is -0.396 e. The summed E-state index contributed by atoms with van der Waals surface area (Å²) in [4.78, 5) is 28.6. The van der Waals surface area contributed by atoms with Crippen molar-refractivity contribution in [3.8, 4) is 0 Å². The Bertz CT molecular complexity index is 977. The Morgan fingerprint density at radius 1 is 1.11 bits per heavy atom. The Morgan fingerprint density at radius 2 is 1.97 bits per heavy atom. The van der Waals surface area contributed by atoms with Crippen molar-refractivity contribution in [1.82, 2.24) is 15.5 Å². The minimum absolute atomic E-state index is 0.0482. The zero-order valence-electron chi connectivity index (χ0n) is 20.4. The second kappa shape index (κ2) is 10.9. The van der Waals surface area contributed by atoms with Crippen LogP contribution in [0.5, 0.6) is 0 Å². The summed E-state index contributed by atoms with van der Waals surface area (Å²) < 4.78 is 0. The molecular formula is C28H38N4O3. The van der Waals surface area contributed by atoms with Crippen LogP contribution in [0.3, 0.4) is 0 Å². The lowest BCUT2D eigenvalue weighted by molar-refractivity contribution is -0.138. The van der Waals surface area contributed by atoms with Gasteiger partial charge in [0.15, 0.2) is 0 Å². The highest BCUT2D eigenvalue weighted by molar-refractivity contribution is 5.82. The topological polar surface area (TPSA) is 93.7 Å². The fourth-order valence-electron chi connectivity index (χ4n) is 6.61. The standard InChI is InChI=1S/C28H38N4O3/c33-18-8-16-29-28(35)31-24-14-7-5-12-21(24)27(34)32-17-15-22-25(19-9-2-1-3-10-19)30-23-13-6-4-11-20(23)26(22)32/h1-4,6,9,11,13,19,21-22,24-26,30,33H,5,7-8,10,12,14-18H2,(H2,29,31,35)/t19?,21-,22+,24+,25-,26-/m0/s1. The molecule has 7 heteroatoms. The second-order valence-electron chi connectivity index (χ2n) is 10.4. The zero-order valence-corrected chi connectivity index (χ0v) is 20.4. The molecule has 6 atom stereocenters. The highest BCUT2D eigenvalue weighted by atomic mass is 16.3. The maximum Gasteiger partial charge on any atom is 0.315 e. The summed E-state index contributed by atoms with van der Waals surface area (Å²) >= 11 is 0. The first-order valence-corrected chi connectivity index (χ1v) is 13.3. The summed E-state index contributed by atoms with van der Waals surface area (Å²) in [7, 11) is 0. The van der Waals surface area contributed by atoms with Crippen molar-refractivity contribution in [3.63, 3.8) is 0 Å². The summed E-state index contributed by atoms with van der Waals surface area (Å²) in [6, 6.07) is 8.43. The third-order valence-corrected chi connectivity index (χ3v) is 8.29. The van der Waals surface area contributed by atoms with E-state index in [1.807, 2.05) is 0 Å². The maximum atomic E-state index is 14.1. The molecule has 7 nitrogen and oxygen atoms in total. The van der Waals surface area contributed by atoms with E-state index in [-0.39, 0.29) is 36.5 Å². The van der Waals surface area contributed by atoms with Gasteiger partial charge in [-0.15, -0.1) is 0 Å². The molecule has 0 aromatic heterocycles. The molecule has 2 aliphatic carbocycles. The van der Waals surface area contributed by atoms with Gasteiger partial charge in [-0.2, -0.15) is 0 Å². The van der Waals surface area contributed by atoms with Gasteiger partial charge in [-0.25, -0.2) is 4.79 Å². The van der Waals surface area contributed by atoms with E-state index in [0.717, 1.165) is 50.8 Å². The van der Waals surface area contributed by atoms with E-state index in [1.54, 1.807) is 0 Å². The van der Waals surface area contributed by atoms with Crippen LogP contribution in [0.25, 0.3) is 0 Å². The van der Waals surface area contributed by atoms with E-state index in [9.17, 15) is 9.59 Å². The molecule has 2 aliphatic heterocycles. The number of urea groups is 1. The van der Waals surface area contributed by atoms with E-state index in [0.29, 0.717) is 30.8 Å². The van der Waals surface area contributed by atoms with Gasteiger partial charge in [0.25, 0.3) is 0 Å². The van der Waals surface area contributed by atoms with Gasteiger partial charge in [-0.3, -0.25) is 4.79 Å². The van der Waals surface area contributed by atoms with Crippen LogP contribution in [0, 0.1) is 17.8 Å². The summed E-state index contributed by atoms with van der Waals surface area (Å²) in [5.41, 5.74) is 2.36. The number of nitrogens with zero attached hydrogens (tertiary/aromatic N) is 1. The number of carbonyl (C=O) groups is 2. The fourth-order valence-corrected chi connectivity index (χ4v) is 6.61. The average Bonchev–Trinajstić information content (AvgIpc) is 3.34. The Hall–Kier alpha value is -2.80. The van der Waals surface area contributed by atoms with Gasteiger partial charge in [0, 0.05) is 49.3 Å². The molecule has 1 aromatic rings. The first-order valence-electron chi connectivity index (χ1n) is 13.3. The van der Waals surface area contributed by atoms with Crippen molar-refractivity contribution in [1.29, 1.82) is 0 Å². The van der Waals surface area contributed by atoms with Crippen molar-refractivity contribution < 1.29 is 14.7 Å². The number of aliphatic hydroxyl groups is 1. The maximum absolute atomic E-state index is 14.1. The van der Waals surface area contributed by atoms with Gasteiger partial charge in [-0.05, 0) is 43.7 Å². The Labute approximate surface area is 208 Å². The number of nitrogens with one attached hydrogen (secondary N) is 3. The summed E-state index contributed by atoms with van der Waals surface area (Å²) in [6.45, 7) is 1.24. The number of hydrogen-bond donors (Lipinski definition) is 4. The van der Waals surface area contributed by atoms with Crippen LogP contribution in [0.1, 0.15) is 56.6 Å². The smallest absolute Gasteiger partial charge is 0.315 e. The highest BCUT2D eigenvalue weighted by Crippen LogP contribution is 2.49. The Balaban J connectivity index is 1.36. The predicted octanol–water partition coefficient (Wildman–Crippen LogP) is 3.74. The van der Waals surface area contributed by atoms with Gasteiger partial charge in [-0.1, -0.05) is 55.3 Å². The van der Waals surface area contributed by atoms with Crippen LogP contribution in [0.15, 0.2) is 48.6 Å². The molecule has 0 radical (unpaired) electrons.